The van der Waals surface area contributed by atoms with Gasteiger partial charge in [0.15, 0.2) is 0 Å². The predicted molar refractivity (Wildman–Crippen MR) is 115 cm³/mol. The van der Waals surface area contributed by atoms with Crippen molar-refractivity contribution < 1.29 is 12.9 Å². The van der Waals surface area contributed by atoms with Crippen LogP contribution in [0.5, 0.6) is 0 Å². The van der Waals surface area contributed by atoms with Crippen molar-refractivity contribution in [3.05, 3.63) is 65.5 Å². The van der Waals surface area contributed by atoms with Gasteiger partial charge < -0.3 is 4.52 Å². The monoisotopic (exact) mass is 425 g/mol. The van der Waals surface area contributed by atoms with E-state index in [0.29, 0.717) is 35.5 Å². The Bertz CT molecular complexity index is 1120. The van der Waals surface area contributed by atoms with E-state index in [1.807, 2.05) is 43.3 Å². The van der Waals surface area contributed by atoms with E-state index >= 15 is 0 Å². The van der Waals surface area contributed by atoms with Crippen LogP contribution < -0.4 is 0 Å². The van der Waals surface area contributed by atoms with Crippen LogP contribution in [-0.2, 0) is 16.4 Å². The second-order valence-electron chi connectivity index (χ2n) is 8.34. The summed E-state index contributed by atoms with van der Waals surface area (Å²) < 4.78 is 33.6. The number of aryl methyl sites for hydroxylation is 1. The molecule has 0 amide bonds. The normalized spacial score (nSPS) is 17.7. The number of benzene rings is 2. The first-order valence-corrected chi connectivity index (χ1v) is 11.8. The Morgan fingerprint density at radius 2 is 1.93 bits per heavy atom. The molecule has 1 saturated heterocycles. The first-order chi connectivity index (χ1) is 14.3. The highest BCUT2D eigenvalue weighted by Gasteiger charge is 2.39. The first-order valence-electron chi connectivity index (χ1n) is 10.4. The van der Waals surface area contributed by atoms with Gasteiger partial charge in [0.25, 0.3) is 0 Å². The summed E-state index contributed by atoms with van der Waals surface area (Å²) in [7, 11) is -3.64. The van der Waals surface area contributed by atoms with E-state index in [4.69, 9.17) is 4.52 Å². The molecule has 4 rings (SSSR count). The highest BCUT2D eigenvalue weighted by atomic mass is 32.2. The third-order valence-corrected chi connectivity index (χ3v) is 7.30. The van der Waals surface area contributed by atoms with Crippen molar-refractivity contribution in [2.75, 3.05) is 6.54 Å². The molecule has 2 heterocycles. The van der Waals surface area contributed by atoms with E-state index in [2.05, 4.69) is 24.0 Å². The third-order valence-electron chi connectivity index (χ3n) is 5.38. The van der Waals surface area contributed by atoms with E-state index in [0.717, 1.165) is 29.5 Å². The maximum Gasteiger partial charge on any atom is 0.245 e. The van der Waals surface area contributed by atoms with Crippen LogP contribution >= 0.6 is 0 Å². The summed E-state index contributed by atoms with van der Waals surface area (Å²) >= 11 is 0. The van der Waals surface area contributed by atoms with Gasteiger partial charge in [-0.2, -0.15) is 9.29 Å². The summed E-state index contributed by atoms with van der Waals surface area (Å²) in [6.45, 7) is 6.74. The third kappa shape index (κ3) is 4.18. The highest BCUT2D eigenvalue weighted by Crippen LogP contribution is 2.36. The van der Waals surface area contributed by atoms with Gasteiger partial charge in [-0.05, 0) is 55.9 Å². The smallest absolute Gasteiger partial charge is 0.245 e. The van der Waals surface area contributed by atoms with Crippen molar-refractivity contribution in [2.24, 2.45) is 5.92 Å². The summed E-state index contributed by atoms with van der Waals surface area (Å²) in [6.07, 6.45) is 2.36. The molecule has 6 nitrogen and oxygen atoms in total. The molecule has 0 spiro atoms. The number of aromatic nitrogens is 2. The van der Waals surface area contributed by atoms with E-state index in [1.54, 1.807) is 12.1 Å². The minimum Gasteiger partial charge on any atom is -0.337 e. The maximum atomic E-state index is 13.3. The van der Waals surface area contributed by atoms with Gasteiger partial charge in [-0.15, -0.1) is 0 Å². The Labute approximate surface area is 178 Å². The van der Waals surface area contributed by atoms with Gasteiger partial charge in [0.2, 0.25) is 21.7 Å². The van der Waals surface area contributed by atoms with Gasteiger partial charge in [0, 0.05) is 12.1 Å². The van der Waals surface area contributed by atoms with Crippen molar-refractivity contribution in [1.29, 1.82) is 0 Å². The summed E-state index contributed by atoms with van der Waals surface area (Å²) in [4.78, 5) is 4.83. The van der Waals surface area contributed by atoms with Crippen molar-refractivity contribution >= 4 is 10.0 Å². The minimum atomic E-state index is -3.64. The fraction of sp³-hybridized carbons (Fsp3) is 0.391. The molecule has 158 valence electrons. The molecule has 1 aromatic heterocycles. The zero-order chi connectivity index (χ0) is 21.3. The number of hydrogen-bond donors (Lipinski definition) is 0. The number of hydrogen-bond acceptors (Lipinski definition) is 5. The zero-order valence-electron chi connectivity index (χ0n) is 17.6. The molecule has 1 fully saturated rings. The number of sulfonamides is 1. The summed E-state index contributed by atoms with van der Waals surface area (Å²) in [5, 5.41) is 4.09. The van der Waals surface area contributed by atoms with Gasteiger partial charge >= 0.3 is 0 Å². The molecule has 1 aliphatic heterocycles. The Morgan fingerprint density at radius 1 is 1.17 bits per heavy atom. The average Bonchev–Trinajstić information content (AvgIpc) is 3.38. The van der Waals surface area contributed by atoms with Crippen LogP contribution in [0.25, 0.3) is 11.4 Å². The molecule has 0 radical (unpaired) electrons. The van der Waals surface area contributed by atoms with Crippen LogP contribution in [0.15, 0.2) is 57.9 Å². The predicted octanol–water partition coefficient (Wildman–Crippen LogP) is 4.77. The van der Waals surface area contributed by atoms with E-state index in [-0.39, 0.29) is 0 Å². The average molecular weight is 426 g/mol. The Balaban J connectivity index is 1.59. The van der Waals surface area contributed by atoms with Crippen molar-refractivity contribution in [2.45, 2.75) is 51.0 Å². The van der Waals surface area contributed by atoms with Crippen molar-refractivity contribution in [1.82, 2.24) is 14.4 Å². The fourth-order valence-corrected chi connectivity index (χ4v) is 5.60. The van der Waals surface area contributed by atoms with Gasteiger partial charge in [-0.25, -0.2) is 8.42 Å². The Morgan fingerprint density at radius 3 is 2.63 bits per heavy atom. The summed E-state index contributed by atoms with van der Waals surface area (Å²) in [5.41, 5.74) is 3.10. The fourth-order valence-electron chi connectivity index (χ4n) is 3.95. The largest absolute Gasteiger partial charge is 0.337 e. The molecule has 3 aromatic rings. The standard InChI is InChI=1S/C23H27N3O3S/c1-16(2)14-18-9-11-20(12-10-18)30(27,28)26-13-5-8-21(26)23-24-22(25-29-23)19-7-4-6-17(3)15-19/h4,6-7,9-12,15-16,21H,5,8,13-14H2,1-3H3. The first kappa shape index (κ1) is 20.8. The van der Waals surface area contributed by atoms with Crippen LogP contribution in [0.1, 0.15) is 49.7 Å². The molecule has 30 heavy (non-hydrogen) atoms. The van der Waals surface area contributed by atoms with E-state index in [9.17, 15) is 8.42 Å². The number of rotatable bonds is 6. The van der Waals surface area contributed by atoms with Gasteiger partial charge in [-0.1, -0.05) is 54.9 Å². The van der Waals surface area contributed by atoms with Crippen molar-refractivity contribution in [3.63, 3.8) is 0 Å². The maximum absolute atomic E-state index is 13.3. The highest BCUT2D eigenvalue weighted by molar-refractivity contribution is 7.89. The van der Waals surface area contributed by atoms with Crippen LogP contribution in [0.2, 0.25) is 0 Å². The molecule has 0 N–H and O–H groups in total. The lowest BCUT2D eigenvalue weighted by Gasteiger charge is -2.21. The Kier molecular flexibility index (Phi) is 5.75. The topological polar surface area (TPSA) is 76.3 Å². The molecule has 0 aliphatic carbocycles. The lowest BCUT2D eigenvalue weighted by Crippen LogP contribution is -2.30. The number of nitrogens with zero attached hydrogens (tertiary/aromatic N) is 3. The quantitative estimate of drug-likeness (QED) is 0.569. The molecular weight excluding hydrogens is 398 g/mol. The second kappa shape index (κ2) is 8.32. The molecule has 1 aliphatic rings. The second-order valence-corrected chi connectivity index (χ2v) is 10.2. The van der Waals surface area contributed by atoms with E-state index < -0.39 is 16.1 Å². The van der Waals surface area contributed by atoms with Gasteiger partial charge in [-0.3, -0.25) is 0 Å². The van der Waals surface area contributed by atoms with E-state index in [1.165, 1.54) is 4.31 Å². The van der Waals surface area contributed by atoms with Gasteiger partial charge in [0.05, 0.1) is 4.90 Å². The van der Waals surface area contributed by atoms with Gasteiger partial charge in [0.1, 0.15) is 6.04 Å². The summed E-state index contributed by atoms with van der Waals surface area (Å²) in [5.74, 6) is 1.36. The lowest BCUT2D eigenvalue weighted by atomic mass is 10.0. The zero-order valence-corrected chi connectivity index (χ0v) is 18.4. The molecule has 0 bridgehead atoms. The van der Waals surface area contributed by atoms with Crippen LogP contribution in [0, 0.1) is 12.8 Å². The molecule has 7 heteroatoms. The molecule has 1 unspecified atom stereocenters. The van der Waals surface area contributed by atoms with Crippen LogP contribution in [0.3, 0.4) is 0 Å². The van der Waals surface area contributed by atoms with Crippen LogP contribution in [-0.4, -0.2) is 29.4 Å². The Hall–Kier alpha value is -2.51. The molecular formula is C23H27N3O3S. The van der Waals surface area contributed by atoms with Crippen LogP contribution in [0.4, 0.5) is 0 Å². The molecule has 2 aromatic carbocycles. The summed E-state index contributed by atoms with van der Waals surface area (Å²) in [6, 6.07) is 14.6. The molecule has 1 atom stereocenters. The lowest BCUT2D eigenvalue weighted by molar-refractivity contribution is 0.290. The molecule has 0 saturated carbocycles. The minimum absolute atomic E-state index is 0.306. The SMILES string of the molecule is Cc1cccc(-c2noc(C3CCCN3S(=O)(=O)c3ccc(CC(C)C)cc3)n2)c1. The van der Waals surface area contributed by atoms with Crippen molar-refractivity contribution in [3.8, 4) is 11.4 Å².